The van der Waals surface area contributed by atoms with E-state index in [0.717, 1.165) is 10.4 Å². The highest BCUT2D eigenvalue weighted by molar-refractivity contribution is 7.17. The number of rotatable bonds is 5. The molecular formula is C18H24N4O4S. The minimum absolute atomic E-state index is 0.163. The molecule has 1 aliphatic rings. The van der Waals surface area contributed by atoms with Crippen LogP contribution >= 0.6 is 11.3 Å². The molecule has 0 saturated carbocycles. The molecule has 0 fully saturated rings. The Hall–Kier alpha value is -2.39. The zero-order chi connectivity index (χ0) is 20.0. The molecule has 0 bridgehead atoms. The molecule has 4 N–H and O–H groups in total. The maximum atomic E-state index is 12.6. The third kappa shape index (κ3) is 3.70. The minimum Gasteiger partial charge on any atom is -0.478 e. The molecule has 2 amide bonds. The number of nitrogens with two attached hydrogens (primary N) is 1. The van der Waals surface area contributed by atoms with E-state index in [2.05, 4.69) is 15.5 Å². The number of carbonyl (C=O) groups is 2. The molecule has 0 radical (unpaired) electrons. The molecule has 1 aliphatic heterocycles. The van der Waals surface area contributed by atoms with Gasteiger partial charge in [-0.05, 0) is 40.2 Å². The molecule has 3 rings (SSSR count). The molecule has 0 saturated heterocycles. The van der Waals surface area contributed by atoms with Gasteiger partial charge in [0.05, 0.1) is 23.4 Å². The lowest BCUT2D eigenvalue weighted by molar-refractivity contribution is -0.135. The highest BCUT2D eigenvalue weighted by atomic mass is 32.1. The molecule has 2 aromatic rings. The van der Waals surface area contributed by atoms with Crippen molar-refractivity contribution in [3.8, 4) is 5.88 Å². The lowest BCUT2D eigenvalue weighted by Crippen LogP contribution is -2.42. The van der Waals surface area contributed by atoms with Gasteiger partial charge < -0.3 is 20.5 Å². The van der Waals surface area contributed by atoms with Crippen LogP contribution in [0.4, 0.5) is 5.00 Å². The van der Waals surface area contributed by atoms with E-state index < -0.39 is 23.0 Å². The van der Waals surface area contributed by atoms with Gasteiger partial charge in [0.15, 0.2) is 5.69 Å². The summed E-state index contributed by atoms with van der Waals surface area (Å²) in [6, 6.07) is 1.51. The predicted molar refractivity (Wildman–Crippen MR) is 102 cm³/mol. The molecule has 8 nitrogen and oxygen atoms in total. The van der Waals surface area contributed by atoms with Crippen LogP contribution in [0.3, 0.4) is 0 Å². The van der Waals surface area contributed by atoms with Crippen molar-refractivity contribution in [1.82, 2.24) is 10.2 Å². The Morgan fingerprint density at radius 2 is 2.11 bits per heavy atom. The third-order valence-corrected chi connectivity index (χ3v) is 5.70. The summed E-state index contributed by atoms with van der Waals surface area (Å²) in [5, 5.41) is 9.76. The second-order valence-electron chi connectivity index (χ2n) is 7.53. The summed E-state index contributed by atoms with van der Waals surface area (Å²) in [4.78, 5) is 25.7. The summed E-state index contributed by atoms with van der Waals surface area (Å²) in [6.07, 6.45) is 0.535. The summed E-state index contributed by atoms with van der Waals surface area (Å²) in [6.45, 7) is 10.1. The van der Waals surface area contributed by atoms with Crippen LogP contribution in [0.15, 0.2) is 6.07 Å². The van der Waals surface area contributed by atoms with Gasteiger partial charge >= 0.3 is 0 Å². The number of nitrogens with one attached hydrogen (secondary N) is 2. The maximum Gasteiger partial charge on any atom is 0.276 e. The first-order valence-corrected chi connectivity index (χ1v) is 9.51. The van der Waals surface area contributed by atoms with Crippen molar-refractivity contribution in [3.05, 3.63) is 27.8 Å². The number of hydrogen-bond acceptors (Lipinski definition) is 6. The van der Waals surface area contributed by atoms with E-state index in [1.807, 2.05) is 34.6 Å². The second kappa shape index (κ2) is 6.65. The quantitative estimate of drug-likeness (QED) is 0.723. The van der Waals surface area contributed by atoms with Gasteiger partial charge in [-0.2, -0.15) is 5.10 Å². The van der Waals surface area contributed by atoms with E-state index in [1.54, 1.807) is 0 Å². The number of hydrogen-bond donors (Lipinski definition) is 3. The zero-order valence-corrected chi connectivity index (χ0v) is 16.9. The molecule has 146 valence electrons. The number of nitrogens with zero attached hydrogens (tertiary/aromatic N) is 1. The molecule has 0 unspecified atom stereocenters. The zero-order valence-electron chi connectivity index (χ0n) is 16.1. The minimum atomic E-state index is -0.594. The van der Waals surface area contributed by atoms with E-state index in [1.165, 1.54) is 17.4 Å². The van der Waals surface area contributed by atoms with Crippen LogP contribution in [0.1, 0.15) is 65.9 Å². The normalized spacial score (nSPS) is 17.2. The highest BCUT2D eigenvalue weighted by Gasteiger charge is 2.42. The molecule has 9 heteroatoms. The molecule has 3 heterocycles. The Morgan fingerprint density at radius 3 is 2.74 bits per heavy atom. The lowest BCUT2D eigenvalue weighted by Gasteiger charge is -2.41. The van der Waals surface area contributed by atoms with E-state index in [9.17, 15) is 9.59 Å². The van der Waals surface area contributed by atoms with Gasteiger partial charge in [0, 0.05) is 17.4 Å². The summed E-state index contributed by atoms with van der Waals surface area (Å²) < 4.78 is 11.4. The summed E-state index contributed by atoms with van der Waals surface area (Å²) in [5.74, 6) is -0.621. The fourth-order valence-corrected chi connectivity index (χ4v) is 4.74. The number of ether oxygens (including phenoxy) is 2. The van der Waals surface area contributed by atoms with Crippen LogP contribution < -0.4 is 15.8 Å². The number of fused-ring (bicyclic) bond motifs is 1. The van der Waals surface area contributed by atoms with Crippen LogP contribution in [0.5, 0.6) is 5.88 Å². The Kier molecular flexibility index (Phi) is 4.77. The van der Waals surface area contributed by atoms with Gasteiger partial charge in [0.1, 0.15) is 5.00 Å². The van der Waals surface area contributed by atoms with E-state index >= 15 is 0 Å². The van der Waals surface area contributed by atoms with Gasteiger partial charge in [0.25, 0.3) is 11.8 Å². The first kappa shape index (κ1) is 19.4. The lowest BCUT2D eigenvalue weighted by atomic mass is 9.86. The largest absolute Gasteiger partial charge is 0.478 e. The van der Waals surface area contributed by atoms with Gasteiger partial charge in [-0.15, -0.1) is 11.3 Å². The predicted octanol–water partition coefficient (Wildman–Crippen LogP) is 2.81. The third-order valence-electron chi connectivity index (χ3n) is 4.25. The van der Waals surface area contributed by atoms with Crippen LogP contribution in [0, 0.1) is 0 Å². The number of carbonyl (C=O) groups excluding carboxylic acids is 2. The van der Waals surface area contributed by atoms with E-state index in [0.29, 0.717) is 29.5 Å². The number of H-pyrrole nitrogens is 1. The highest BCUT2D eigenvalue weighted by Crippen LogP contribution is 2.48. The summed E-state index contributed by atoms with van der Waals surface area (Å²) in [5.41, 5.74) is 5.95. The Labute approximate surface area is 161 Å². The number of thiophene rings is 1. The molecule has 2 aromatic heterocycles. The average Bonchev–Trinajstić information content (AvgIpc) is 3.10. The summed E-state index contributed by atoms with van der Waals surface area (Å²) in [7, 11) is 0. The monoisotopic (exact) mass is 392 g/mol. The van der Waals surface area contributed by atoms with Crippen molar-refractivity contribution in [2.75, 3.05) is 11.9 Å². The van der Waals surface area contributed by atoms with Crippen molar-refractivity contribution in [2.45, 2.75) is 52.2 Å². The van der Waals surface area contributed by atoms with Gasteiger partial charge in [-0.3, -0.25) is 9.59 Å². The standard InChI is InChI=1S/C18H24N4O4S/c1-6-25-11-7-10(21-22-11)15(24)20-16-12(14(19)23)9-8-17(2,3)26-18(4,5)13(9)27-16/h7H,6,8H2,1-5H3,(H2,19,23)(H,20,24)(H,21,22). The Balaban J connectivity index is 1.97. The first-order chi connectivity index (χ1) is 12.5. The van der Waals surface area contributed by atoms with Crippen molar-refractivity contribution in [2.24, 2.45) is 5.73 Å². The Bertz CT molecular complexity index is 897. The van der Waals surface area contributed by atoms with Crippen molar-refractivity contribution in [3.63, 3.8) is 0 Å². The first-order valence-electron chi connectivity index (χ1n) is 8.69. The average molecular weight is 392 g/mol. The summed E-state index contributed by atoms with van der Waals surface area (Å²) >= 11 is 1.31. The SMILES string of the molecule is CCOc1cc(C(=O)Nc2sc3c(c2C(N)=O)CC(C)(C)OC3(C)C)n[nH]1. The number of anilines is 1. The van der Waals surface area contributed by atoms with Gasteiger partial charge in [-0.1, -0.05) is 0 Å². The number of amides is 2. The smallest absolute Gasteiger partial charge is 0.276 e. The fraction of sp³-hybridized carbons (Fsp3) is 0.500. The maximum absolute atomic E-state index is 12.6. The number of aromatic amines is 1. The second-order valence-corrected chi connectivity index (χ2v) is 8.55. The molecule has 0 aromatic carbocycles. The molecule has 27 heavy (non-hydrogen) atoms. The van der Waals surface area contributed by atoms with Crippen molar-refractivity contribution < 1.29 is 19.1 Å². The van der Waals surface area contributed by atoms with Crippen LogP contribution in [0.25, 0.3) is 0 Å². The van der Waals surface area contributed by atoms with Crippen molar-refractivity contribution in [1.29, 1.82) is 0 Å². The van der Waals surface area contributed by atoms with Crippen LogP contribution in [0.2, 0.25) is 0 Å². The number of primary amides is 1. The van der Waals surface area contributed by atoms with Crippen molar-refractivity contribution >= 4 is 28.2 Å². The fourth-order valence-electron chi connectivity index (χ4n) is 3.48. The molecule has 0 aliphatic carbocycles. The van der Waals surface area contributed by atoms with Crippen LogP contribution in [-0.4, -0.2) is 34.2 Å². The Morgan fingerprint density at radius 1 is 1.41 bits per heavy atom. The van der Waals surface area contributed by atoms with Gasteiger partial charge in [-0.25, -0.2) is 5.10 Å². The van der Waals surface area contributed by atoms with E-state index in [4.69, 9.17) is 15.2 Å². The topological polar surface area (TPSA) is 119 Å². The number of aromatic nitrogens is 2. The molecule has 0 atom stereocenters. The molecule has 0 spiro atoms. The van der Waals surface area contributed by atoms with Crippen LogP contribution in [-0.2, 0) is 16.8 Å². The van der Waals surface area contributed by atoms with E-state index in [-0.39, 0.29) is 5.69 Å². The molecular weight excluding hydrogens is 368 g/mol. The van der Waals surface area contributed by atoms with Gasteiger partial charge in [0.2, 0.25) is 5.88 Å².